The molecule has 1 atom stereocenters. The molecule has 0 saturated carbocycles. The van der Waals surface area contributed by atoms with E-state index in [1.165, 1.54) is 0 Å². The molecule has 2 heterocycles. The summed E-state index contributed by atoms with van der Waals surface area (Å²) < 4.78 is 0. The van der Waals surface area contributed by atoms with Crippen LogP contribution in [0.25, 0.3) is 5.69 Å². The minimum atomic E-state index is -0.736. The van der Waals surface area contributed by atoms with Crippen LogP contribution in [-0.4, -0.2) is 43.6 Å². The van der Waals surface area contributed by atoms with Gasteiger partial charge in [-0.3, -0.25) is 9.69 Å². The third-order valence-corrected chi connectivity index (χ3v) is 3.80. The van der Waals surface area contributed by atoms with Gasteiger partial charge in [-0.25, -0.2) is 0 Å². The number of hydrogen-bond donors (Lipinski definition) is 1. The fourth-order valence-electron chi connectivity index (χ4n) is 2.80. The Morgan fingerprint density at radius 3 is 2.90 bits per heavy atom. The molecule has 6 heteroatoms. The van der Waals surface area contributed by atoms with Gasteiger partial charge in [0, 0.05) is 12.6 Å². The molecule has 0 radical (unpaired) electrons. The normalized spacial score (nSPS) is 19.0. The van der Waals surface area contributed by atoms with Crippen LogP contribution in [0.2, 0.25) is 0 Å². The highest BCUT2D eigenvalue weighted by molar-refractivity contribution is 5.67. The average Bonchev–Trinajstić information content (AvgIpc) is 3.10. The quantitative estimate of drug-likeness (QED) is 0.906. The van der Waals surface area contributed by atoms with Crippen LogP contribution in [-0.2, 0) is 11.3 Å². The number of aliphatic carboxylic acids is 1. The first-order valence-electron chi connectivity index (χ1n) is 7.15. The first-order valence-corrected chi connectivity index (χ1v) is 7.15. The monoisotopic (exact) mass is 286 g/mol. The van der Waals surface area contributed by atoms with Crippen molar-refractivity contribution >= 4 is 5.97 Å². The van der Waals surface area contributed by atoms with Crippen molar-refractivity contribution in [1.29, 1.82) is 0 Å². The zero-order chi connectivity index (χ0) is 14.7. The topological polar surface area (TPSA) is 71.2 Å². The van der Waals surface area contributed by atoms with E-state index in [1.54, 1.807) is 11.0 Å². The van der Waals surface area contributed by atoms with Crippen molar-refractivity contribution in [3.8, 4) is 5.69 Å². The molecule has 0 aliphatic carbocycles. The molecule has 3 rings (SSSR count). The fraction of sp³-hybridized carbons (Fsp3) is 0.400. The lowest BCUT2D eigenvalue weighted by Gasteiger charge is -2.21. The Morgan fingerprint density at radius 1 is 1.33 bits per heavy atom. The molecule has 1 N–H and O–H groups in total. The average molecular weight is 286 g/mol. The van der Waals surface area contributed by atoms with Gasteiger partial charge in [-0.1, -0.05) is 18.2 Å². The third-order valence-electron chi connectivity index (χ3n) is 3.80. The van der Waals surface area contributed by atoms with Gasteiger partial charge in [0.2, 0.25) is 0 Å². The maximum atomic E-state index is 10.9. The van der Waals surface area contributed by atoms with Gasteiger partial charge in [0.1, 0.15) is 0 Å². The second-order valence-corrected chi connectivity index (χ2v) is 5.33. The van der Waals surface area contributed by atoms with Gasteiger partial charge in [-0.2, -0.15) is 15.0 Å². The van der Waals surface area contributed by atoms with Gasteiger partial charge in [0.15, 0.2) is 0 Å². The number of aromatic nitrogens is 3. The molecule has 1 aliphatic heterocycles. The summed E-state index contributed by atoms with van der Waals surface area (Å²) in [7, 11) is 0. The molecule has 1 saturated heterocycles. The Labute approximate surface area is 123 Å². The predicted molar refractivity (Wildman–Crippen MR) is 77.0 cm³/mol. The van der Waals surface area contributed by atoms with Crippen molar-refractivity contribution in [2.75, 3.05) is 6.54 Å². The lowest BCUT2D eigenvalue weighted by molar-refractivity contribution is -0.138. The number of carboxylic acid groups (broad SMARTS) is 1. The minimum Gasteiger partial charge on any atom is -0.481 e. The molecule has 1 aromatic heterocycles. The van der Waals surface area contributed by atoms with Crippen LogP contribution < -0.4 is 0 Å². The summed E-state index contributed by atoms with van der Waals surface area (Å²) in [5.41, 5.74) is 1.79. The summed E-state index contributed by atoms with van der Waals surface area (Å²) in [5.74, 6) is -0.736. The number of rotatable bonds is 5. The van der Waals surface area contributed by atoms with Gasteiger partial charge in [-0.05, 0) is 31.5 Å². The first kappa shape index (κ1) is 13.8. The van der Waals surface area contributed by atoms with E-state index < -0.39 is 5.97 Å². The van der Waals surface area contributed by atoms with Crippen molar-refractivity contribution in [3.05, 3.63) is 42.2 Å². The number of benzene rings is 1. The number of para-hydroxylation sites is 1. The summed E-state index contributed by atoms with van der Waals surface area (Å²) in [6.07, 6.45) is 3.94. The highest BCUT2D eigenvalue weighted by Crippen LogP contribution is 2.22. The van der Waals surface area contributed by atoms with Crippen LogP contribution in [0.1, 0.15) is 25.0 Å². The fourth-order valence-corrected chi connectivity index (χ4v) is 2.80. The Kier molecular flexibility index (Phi) is 3.96. The highest BCUT2D eigenvalue weighted by Gasteiger charge is 2.27. The van der Waals surface area contributed by atoms with E-state index in [9.17, 15) is 4.79 Å². The largest absolute Gasteiger partial charge is 0.481 e. The molecular weight excluding hydrogens is 268 g/mol. The Morgan fingerprint density at radius 2 is 2.14 bits per heavy atom. The van der Waals surface area contributed by atoms with Gasteiger partial charge in [0.25, 0.3) is 0 Å². The smallest absolute Gasteiger partial charge is 0.304 e. The van der Waals surface area contributed by atoms with Crippen molar-refractivity contribution in [3.63, 3.8) is 0 Å². The Balaban J connectivity index is 1.68. The number of nitrogens with zero attached hydrogens (tertiary/aromatic N) is 4. The van der Waals surface area contributed by atoms with E-state index in [0.717, 1.165) is 30.8 Å². The van der Waals surface area contributed by atoms with Gasteiger partial charge in [0.05, 0.1) is 24.0 Å². The SMILES string of the molecule is O=C(O)CC1CCCN1Cc1cnn(-c2ccccc2)n1. The predicted octanol–water partition coefficient (Wildman–Crippen LogP) is 1.71. The highest BCUT2D eigenvalue weighted by atomic mass is 16.4. The van der Waals surface area contributed by atoms with E-state index in [-0.39, 0.29) is 12.5 Å². The van der Waals surface area contributed by atoms with Crippen molar-refractivity contribution in [2.45, 2.75) is 31.8 Å². The third kappa shape index (κ3) is 3.28. The zero-order valence-corrected chi connectivity index (χ0v) is 11.7. The van der Waals surface area contributed by atoms with Gasteiger partial charge < -0.3 is 5.11 Å². The zero-order valence-electron chi connectivity index (χ0n) is 11.7. The van der Waals surface area contributed by atoms with Crippen LogP contribution in [0, 0.1) is 0 Å². The van der Waals surface area contributed by atoms with Crippen molar-refractivity contribution < 1.29 is 9.90 Å². The van der Waals surface area contributed by atoms with Crippen LogP contribution in [0.3, 0.4) is 0 Å². The summed E-state index contributed by atoms with van der Waals surface area (Å²) >= 11 is 0. The molecule has 1 unspecified atom stereocenters. The van der Waals surface area contributed by atoms with Crippen LogP contribution in [0.15, 0.2) is 36.5 Å². The Bertz CT molecular complexity index is 611. The van der Waals surface area contributed by atoms with E-state index in [2.05, 4.69) is 15.1 Å². The van der Waals surface area contributed by atoms with E-state index in [0.29, 0.717) is 6.54 Å². The number of carbonyl (C=O) groups is 1. The number of carboxylic acids is 1. The number of hydrogen-bond acceptors (Lipinski definition) is 4. The second kappa shape index (κ2) is 6.05. The summed E-state index contributed by atoms with van der Waals surface area (Å²) in [4.78, 5) is 14.7. The molecule has 6 nitrogen and oxygen atoms in total. The molecule has 1 aromatic carbocycles. The lowest BCUT2D eigenvalue weighted by Crippen LogP contribution is -2.31. The second-order valence-electron chi connectivity index (χ2n) is 5.33. The summed E-state index contributed by atoms with van der Waals surface area (Å²) in [5, 5.41) is 17.7. The molecule has 0 bridgehead atoms. The molecule has 110 valence electrons. The maximum absolute atomic E-state index is 10.9. The molecule has 1 aliphatic rings. The first-order chi connectivity index (χ1) is 10.2. The molecular formula is C15H18N4O2. The summed E-state index contributed by atoms with van der Waals surface area (Å²) in [6.45, 7) is 1.58. The molecule has 21 heavy (non-hydrogen) atoms. The van der Waals surface area contributed by atoms with E-state index >= 15 is 0 Å². The standard InChI is InChI=1S/C15H18N4O2/c20-15(21)9-14-7-4-8-18(14)11-12-10-16-19(17-12)13-5-2-1-3-6-13/h1-3,5-6,10,14H,4,7-9,11H2,(H,20,21). The van der Waals surface area contributed by atoms with Gasteiger partial charge >= 0.3 is 5.97 Å². The van der Waals surface area contributed by atoms with Crippen molar-refractivity contribution in [2.24, 2.45) is 0 Å². The minimum absolute atomic E-state index is 0.115. The van der Waals surface area contributed by atoms with Crippen LogP contribution in [0.4, 0.5) is 0 Å². The van der Waals surface area contributed by atoms with Crippen LogP contribution in [0.5, 0.6) is 0 Å². The maximum Gasteiger partial charge on any atom is 0.304 e. The summed E-state index contributed by atoms with van der Waals surface area (Å²) in [6, 6.07) is 9.86. The molecule has 0 spiro atoms. The van der Waals surface area contributed by atoms with E-state index in [4.69, 9.17) is 5.11 Å². The molecule has 2 aromatic rings. The van der Waals surface area contributed by atoms with E-state index in [1.807, 2.05) is 30.3 Å². The molecule has 0 amide bonds. The molecule has 1 fully saturated rings. The van der Waals surface area contributed by atoms with Gasteiger partial charge in [-0.15, -0.1) is 0 Å². The number of likely N-dealkylation sites (tertiary alicyclic amines) is 1. The Hall–Kier alpha value is -2.21. The van der Waals surface area contributed by atoms with Crippen LogP contribution >= 0.6 is 0 Å². The lowest BCUT2D eigenvalue weighted by atomic mass is 10.1. The van der Waals surface area contributed by atoms with Crippen molar-refractivity contribution in [1.82, 2.24) is 19.9 Å².